The van der Waals surface area contributed by atoms with Gasteiger partial charge in [0.1, 0.15) is 12.1 Å². The van der Waals surface area contributed by atoms with Crippen molar-refractivity contribution in [3.05, 3.63) is 155 Å². The first-order valence-corrected chi connectivity index (χ1v) is 19.7. The predicted molar refractivity (Wildman–Crippen MR) is 220 cm³/mol. The zero-order chi connectivity index (χ0) is 41.8. The fourth-order valence-corrected chi connectivity index (χ4v) is 7.58. The Labute approximate surface area is 342 Å². The summed E-state index contributed by atoms with van der Waals surface area (Å²) in [6, 6.07) is 30.2. The number of carbonyl (C=O) groups is 7. The number of primary amides is 1. The number of piperidine rings is 1. The monoisotopic (exact) mass is 796 g/mol. The van der Waals surface area contributed by atoms with Crippen molar-refractivity contribution in [2.24, 2.45) is 11.1 Å². The molecule has 1 fully saturated rings. The van der Waals surface area contributed by atoms with Crippen LogP contribution in [0.3, 0.4) is 0 Å². The van der Waals surface area contributed by atoms with Crippen molar-refractivity contribution in [1.82, 2.24) is 26.2 Å². The summed E-state index contributed by atoms with van der Waals surface area (Å²) in [6.45, 7) is 0.409. The molecule has 304 valence electrons. The average molecular weight is 797 g/mol. The third kappa shape index (κ3) is 11.2. The van der Waals surface area contributed by atoms with E-state index in [0.717, 1.165) is 17.7 Å². The molecule has 0 unspecified atom stereocenters. The van der Waals surface area contributed by atoms with Crippen LogP contribution in [0.2, 0.25) is 0 Å². The number of carbonyl (C=O) groups excluding carboxylic acids is 7. The molecule has 13 heteroatoms. The molecule has 0 aliphatic carbocycles. The van der Waals surface area contributed by atoms with Gasteiger partial charge in [-0.3, -0.25) is 33.6 Å². The van der Waals surface area contributed by atoms with E-state index in [2.05, 4.69) is 21.3 Å². The normalized spacial score (nSPS) is 21.6. The van der Waals surface area contributed by atoms with Crippen LogP contribution in [-0.2, 0) is 54.6 Å². The molecule has 6 amide bonds. The zero-order valence-electron chi connectivity index (χ0n) is 32.7. The maximum atomic E-state index is 14.8. The Kier molecular flexibility index (Phi) is 13.8. The molecule has 2 heterocycles. The van der Waals surface area contributed by atoms with Crippen molar-refractivity contribution in [2.45, 2.75) is 57.2 Å². The Morgan fingerprint density at radius 1 is 0.729 bits per heavy atom. The summed E-state index contributed by atoms with van der Waals surface area (Å²) in [6.07, 6.45) is 3.43. The molecule has 4 aromatic rings. The van der Waals surface area contributed by atoms with Crippen LogP contribution in [0.1, 0.15) is 57.4 Å². The van der Waals surface area contributed by atoms with Crippen LogP contribution in [-0.4, -0.2) is 77.8 Å². The van der Waals surface area contributed by atoms with Crippen LogP contribution in [0.15, 0.2) is 121 Å². The summed E-state index contributed by atoms with van der Waals surface area (Å²) in [4.78, 5) is 95.4. The van der Waals surface area contributed by atoms with Crippen LogP contribution in [0, 0.1) is 5.41 Å². The number of nitrogens with two attached hydrogens (primary N) is 1. The van der Waals surface area contributed by atoms with Crippen LogP contribution >= 0.6 is 0 Å². The Morgan fingerprint density at radius 3 is 2.10 bits per heavy atom. The summed E-state index contributed by atoms with van der Waals surface area (Å²) in [5.41, 5.74) is 8.28. The number of nitrogens with one attached hydrogen (secondary N) is 4. The molecule has 3 atom stereocenters. The van der Waals surface area contributed by atoms with Crippen molar-refractivity contribution >= 4 is 41.2 Å². The van der Waals surface area contributed by atoms with E-state index in [1.54, 1.807) is 72.8 Å². The minimum atomic E-state index is -1.13. The highest BCUT2D eigenvalue weighted by molar-refractivity contribution is 6.09. The lowest BCUT2D eigenvalue weighted by molar-refractivity contribution is -0.141. The van der Waals surface area contributed by atoms with Gasteiger partial charge in [-0.05, 0) is 47.9 Å². The second-order valence-electron chi connectivity index (χ2n) is 15.0. The minimum absolute atomic E-state index is 0.00490. The molecular weight excluding hydrogens is 749 g/mol. The van der Waals surface area contributed by atoms with Crippen LogP contribution in [0.5, 0.6) is 0 Å². The maximum absolute atomic E-state index is 14.8. The first kappa shape index (κ1) is 41.7. The van der Waals surface area contributed by atoms with Gasteiger partial charge in [0.2, 0.25) is 35.4 Å². The fraction of sp³-hybridized carbons (Fsp3) is 0.283. The third-order valence-corrected chi connectivity index (χ3v) is 10.8. The van der Waals surface area contributed by atoms with Crippen molar-refractivity contribution in [3.8, 4) is 0 Å². The first-order valence-electron chi connectivity index (χ1n) is 19.7. The molecule has 6 N–H and O–H groups in total. The zero-order valence-corrected chi connectivity index (χ0v) is 32.7. The molecule has 0 aromatic heterocycles. The van der Waals surface area contributed by atoms with Gasteiger partial charge >= 0.3 is 0 Å². The molecule has 59 heavy (non-hydrogen) atoms. The molecule has 4 aromatic carbocycles. The summed E-state index contributed by atoms with van der Waals surface area (Å²) in [5.74, 6) is -3.35. The highest BCUT2D eigenvalue weighted by Crippen LogP contribution is 2.35. The number of fused-ring (bicyclic) bond motifs is 3. The maximum Gasteiger partial charge on any atom is 0.246 e. The minimum Gasteiger partial charge on any atom is -0.368 e. The molecule has 1 saturated heterocycles. The smallest absolute Gasteiger partial charge is 0.246 e. The predicted octanol–water partition coefficient (Wildman–Crippen LogP) is 2.70. The van der Waals surface area contributed by atoms with E-state index in [4.69, 9.17) is 5.73 Å². The van der Waals surface area contributed by atoms with Crippen molar-refractivity contribution in [1.29, 1.82) is 0 Å². The Hall–Kier alpha value is -6.89. The van der Waals surface area contributed by atoms with Gasteiger partial charge in [0.15, 0.2) is 5.78 Å². The van der Waals surface area contributed by atoms with E-state index in [1.165, 1.54) is 4.90 Å². The molecule has 2 bridgehead atoms. The number of amides is 6. The Morgan fingerprint density at radius 2 is 1.39 bits per heavy atom. The lowest BCUT2D eigenvalue weighted by Gasteiger charge is -2.42. The number of rotatable bonds is 7. The van der Waals surface area contributed by atoms with E-state index in [-0.39, 0.29) is 51.1 Å². The molecule has 0 spiro atoms. The van der Waals surface area contributed by atoms with Crippen molar-refractivity contribution < 1.29 is 33.6 Å². The molecular formula is C46H48N6O7. The number of nitrogens with zero attached hydrogens (tertiary/aromatic N) is 1. The van der Waals surface area contributed by atoms with Gasteiger partial charge in [0.25, 0.3) is 0 Å². The van der Waals surface area contributed by atoms with Gasteiger partial charge in [-0.1, -0.05) is 109 Å². The van der Waals surface area contributed by atoms with Gasteiger partial charge in [-0.25, -0.2) is 0 Å². The quantitative estimate of drug-likeness (QED) is 0.177. The largest absolute Gasteiger partial charge is 0.368 e. The average Bonchev–Trinajstić information content (AvgIpc) is 3.24. The molecule has 2 aliphatic heterocycles. The third-order valence-electron chi connectivity index (χ3n) is 10.8. The van der Waals surface area contributed by atoms with E-state index in [0.29, 0.717) is 47.2 Å². The molecule has 2 aliphatic rings. The lowest BCUT2D eigenvalue weighted by Crippen LogP contribution is -2.58. The van der Waals surface area contributed by atoms with E-state index >= 15 is 0 Å². The van der Waals surface area contributed by atoms with Crippen LogP contribution in [0.4, 0.5) is 0 Å². The standard InChI is InChI=1S/C46H48N6O7/c47-43(57)37-22-24-48-39(53)20-21-41(55)52-25-9-23-46(30-52,28-32-10-3-1-4-11-32)45(59)51-38(44(58)49-29-36-15-8-7-14-35(36)27-40(54)50-37)26-31-16-18-34(19-17-31)42(56)33-12-5-2-6-13-33/h1-8,10-21,37-38H,9,22-30H2,(H2,47,57)(H,48,53)(H,49,58)(H,50,54)(H,51,59)/b21-20+/t37-,38-,46-/m0/s1. The van der Waals surface area contributed by atoms with E-state index in [1.807, 2.05) is 36.4 Å². The number of hydrogen-bond acceptors (Lipinski definition) is 7. The highest BCUT2D eigenvalue weighted by Gasteiger charge is 2.44. The van der Waals surface area contributed by atoms with Gasteiger partial charge in [-0.15, -0.1) is 0 Å². The topological polar surface area (TPSA) is 197 Å². The van der Waals surface area contributed by atoms with Crippen molar-refractivity contribution in [3.63, 3.8) is 0 Å². The molecule has 6 rings (SSSR count). The summed E-state index contributed by atoms with van der Waals surface area (Å²) >= 11 is 0. The summed E-state index contributed by atoms with van der Waals surface area (Å²) < 4.78 is 0. The Bertz CT molecular complexity index is 2210. The van der Waals surface area contributed by atoms with Gasteiger partial charge in [0, 0.05) is 55.9 Å². The number of benzene rings is 4. The summed E-state index contributed by atoms with van der Waals surface area (Å²) in [7, 11) is 0. The Balaban J connectivity index is 1.33. The first-order chi connectivity index (χ1) is 28.5. The number of hydrogen-bond donors (Lipinski definition) is 5. The molecule has 0 saturated carbocycles. The second kappa shape index (κ2) is 19.5. The van der Waals surface area contributed by atoms with E-state index < -0.39 is 52.9 Å². The molecule has 0 radical (unpaired) electrons. The van der Waals surface area contributed by atoms with Crippen LogP contribution < -0.4 is 27.0 Å². The van der Waals surface area contributed by atoms with Crippen molar-refractivity contribution in [2.75, 3.05) is 19.6 Å². The number of ketones is 1. The SMILES string of the molecule is NC(=O)[C@@H]1CCNC(=O)/C=C/C(=O)N2CCC[C@](Cc3ccccc3)(C2)C(=O)N[C@@H](Cc2ccc(C(=O)c3ccccc3)cc2)C(=O)NCc2ccccc2CC(=O)N1. The second-order valence-corrected chi connectivity index (χ2v) is 15.0. The van der Waals surface area contributed by atoms with Gasteiger partial charge in [-0.2, -0.15) is 0 Å². The lowest BCUT2D eigenvalue weighted by atomic mass is 9.74. The highest BCUT2D eigenvalue weighted by atomic mass is 16.2. The van der Waals surface area contributed by atoms with Gasteiger partial charge in [0.05, 0.1) is 11.8 Å². The summed E-state index contributed by atoms with van der Waals surface area (Å²) in [5, 5.41) is 11.3. The van der Waals surface area contributed by atoms with E-state index in [9.17, 15) is 33.6 Å². The fourth-order valence-electron chi connectivity index (χ4n) is 7.58. The van der Waals surface area contributed by atoms with Crippen LogP contribution in [0.25, 0.3) is 0 Å². The van der Waals surface area contributed by atoms with Gasteiger partial charge < -0.3 is 31.9 Å². The molecule has 13 nitrogen and oxygen atoms in total.